The Kier molecular flexibility index (Phi) is 5.42. The molecular formula is C11H14BrFN2O. The topological polar surface area (TPSA) is 41.1 Å². The zero-order valence-electron chi connectivity index (χ0n) is 8.97. The Morgan fingerprint density at radius 2 is 2.06 bits per heavy atom. The predicted molar refractivity (Wildman–Crippen MR) is 64.7 cm³/mol. The Bertz CT molecular complexity index is 342. The number of alkyl halides is 1. The number of carbonyl (C=O) groups excluding carboxylic acids is 1. The number of benzene rings is 1. The fourth-order valence-electron chi connectivity index (χ4n) is 1.29. The van der Waals surface area contributed by atoms with E-state index in [1.54, 1.807) is 0 Å². The minimum Gasteiger partial charge on any atom is -0.348 e. The summed E-state index contributed by atoms with van der Waals surface area (Å²) in [7, 11) is 0. The van der Waals surface area contributed by atoms with Gasteiger partial charge in [-0.15, -0.1) is 0 Å². The molecule has 0 aromatic heterocycles. The Labute approximate surface area is 103 Å². The van der Waals surface area contributed by atoms with Gasteiger partial charge in [-0.05, 0) is 24.6 Å². The summed E-state index contributed by atoms with van der Waals surface area (Å²) in [6.07, 6.45) is 0. The summed E-state index contributed by atoms with van der Waals surface area (Å²) >= 11 is 3.34. The van der Waals surface area contributed by atoms with Crippen LogP contribution < -0.4 is 10.6 Å². The van der Waals surface area contributed by atoms with Crippen LogP contribution in [0.2, 0.25) is 0 Å². The number of hydrogen-bond acceptors (Lipinski definition) is 2. The van der Waals surface area contributed by atoms with Crippen molar-refractivity contribution in [1.82, 2.24) is 10.6 Å². The standard InChI is InChI=1S/C11H14BrFN2O/c1-8(15-11(16)6-14-7-13)9-2-4-10(12)5-3-9/h2-5,8,14H,6-7H2,1H3,(H,15,16)/t8-/m0/s1. The lowest BCUT2D eigenvalue weighted by Crippen LogP contribution is -2.35. The molecule has 0 spiro atoms. The van der Waals surface area contributed by atoms with Gasteiger partial charge in [-0.3, -0.25) is 10.1 Å². The summed E-state index contributed by atoms with van der Waals surface area (Å²) in [4.78, 5) is 11.3. The van der Waals surface area contributed by atoms with E-state index in [9.17, 15) is 9.18 Å². The maximum atomic E-state index is 11.8. The number of hydrogen-bond donors (Lipinski definition) is 2. The van der Waals surface area contributed by atoms with Crippen molar-refractivity contribution in [2.45, 2.75) is 13.0 Å². The van der Waals surface area contributed by atoms with E-state index in [1.165, 1.54) is 0 Å². The van der Waals surface area contributed by atoms with Gasteiger partial charge >= 0.3 is 0 Å². The molecule has 0 bridgehead atoms. The summed E-state index contributed by atoms with van der Waals surface area (Å²) < 4.78 is 12.8. The normalized spacial score (nSPS) is 12.2. The van der Waals surface area contributed by atoms with Gasteiger partial charge in [0.25, 0.3) is 0 Å². The molecule has 0 unspecified atom stereocenters. The molecule has 3 nitrogen and oxygen atoms in total. The fraction of sp³-hybridized carbons (Fsp3) is 0.364. The van der Waals surface area contributed by atoms with Crippen LogP contribution in [0.15, 0.2) is 28.7 Å². The van der Waals surface area contributed by atoms with Crippen molar-refractivity contribution >= 4 is 21.8 Å². The van der Waals surface area contributed by atoms with Gasteiger partial charge in [-0.25, -0.2) is 4.39 Å². The van der Waals surface area contributed by atoms with Crippen LogP contribution in [0.4, 0.5) is 4.39 Å². The van der Waals surface area contributed by atoms with Gasteiger partial charge in [-0.1, -0.05) is 28.1 Å². The summed E-state index contributed by atoms with van der Waals surface area (Å²) in [6, 6.07) is 7.60. The van der Waals surface area contributed by atoms with E-state index < -0.39 is 6.80 Å². The third kappa shape index (κ3) is 4.28. The molecule has 0 radical (unpaired) electrons. The van der Waals surface area contributed by atoms with E-state index in [1.807, 2.05) is 31.2 Å². The Balaban J connectivity index is 2.48. The summed E-state index contributed by atoms with van der Waals surface area (Å²) in [5, 5.41) is 5.09. The zero-order valence-corrected chi connectivity index (χ0v) is 10.6. The number of halogens is 2. The average molecular weight is 289 g/mol. The minimum absolute atomic E-state index is 0.00261. The second-order valence-electron chi connectivity index (χ2n) is 3.40. The molecule has 0 aliphatic carbocycles. The molecule has 2 N–H and O–H groups in total. The number of nitrogens with one attached hydrogen (secondary N) is 2. The summed E-state index contributed by atoms with van der Waals surface area (Å²) in [5.74, 6) is -0.215. The second kappa shape index (κ2) is 6.60. The molecule has 0 saturated heterocycles. The molecule has 16 heavy (non-hydrogen) atoms. The number of carbonyl (C=O) groups is 1. The molecule has 5 heteroatoms. The Morgan fingerprint density at radius 3 is 2.62 bits per heavy atom. The van der Waals surface area contributed by atoms with Crippen LogP contribution in [0.1, 0.15) is 18.5 Å². The molecule has 0 aliphatic heterocycles. The average Bonchev–Trinajstić information content (AvgIpc) is 2.27. The van der Waals surface area contributed by atoms with E-state index >= 15 is 0 Å². The van der Waals surface area contributed by atoms with Gasteiger partial charge in [-0.2, -0.15) is 0 Å². The highest BCUT2D eigenvalue weighted by Gasteiger charge is 2.08. The highest BCUT2D eigenvalue weighted by Crippen LogP contribution is 2.16. The van der Waals surface area contributed by atoms with Gasteiger partial charge in [0.15, 0.2) is 0 Å². The Hall–Kier alpha value is -0.940. The van der Waals surface area contributed by atoms with Crippen molar-refractivity contribution in [3.63, 3.8) is 0 Å². The monoisotopic (exact) mass is 288 g/mol. The van der Waals surface area contributed by atoms with Crippen LogP contribution in [-0.2, 0) is 4.79 Å². The molecule has 0 heterocycles. The lowest BCUT2D eigenvalue weighted by molar-refractivity contribution is -0.121. The highest BCUT2D eigenvalue weighted by atomic mass is 79.9. The molecule has 0 aliphatic rings. The van der Waals surface area contributed by atoms with Gasteiger partial charge in [0, 0.05) is 4.47 Å². The molecule has 0 saturated carbocycles. The van der Waals surface area contributed by atoms with Crippen LogP contribution in [0.3, 0.4) is 0 Å². The first-order chi connectivity index (χ1) is 7.63. The summed E-state index contributed by atoms with van der Waals surface area (Å²) in [6.45, 7) is 1.19. The van der Waals surface area contributed by atoms with Crippen molar-refractivity contribution in [3.05, 3.63) is 34.3 Å². The largest absolute Gasteiger partial charge is 0.348 e. The van der Waals surface area contributed by atoms with Crippen LogP contribution in [0.25, 0.3) is 0 Å². The lowest BCUT2D eigenvalue weighted by atomic mass is 10.1. The van der Waals surface area contributed by atoms with E-state index in [4.69, 9.17) is 0 Å². The number of rotatable bonds is 5. The van der Waals surface area contributed by atoms with Crippen molar-refractivity contribution in [3.8, 4) is 0 Å². The maximum Gasteiger partial charge on any atom is 0.234 e. The van der Waals surface area contributed by atoms with Crippen LogP contribution >= 0.6 is 15.9 Å². The van der Waals surface area contributed by atoms with Crippen molar-refractivity contribution < 1.29 is 9.18 Å². The lowest BCUT2D eigenvalue weighted by Gasteiger charge is -2.14. The zero-order chi connectivity index (χ0) is 12.0. The first-order valence-electron chi connectivity index (χ1n) is 4.95. The molecule has 88 valence electrons. The third-order valence-corrected chi connectivity index (χ3v) is 2.66. The van der Waals surface area contributed by atoms with E-state index in [0.29, 0.717) is 0 Å². The molecule has 1 atom stereocenters. The molecule has 1 rings (SSSR count). The van der Waals surface area contributed by atoms with Crippen LogP contribution in [0.5, 0.6) is 0 Å². The molecule has 1 amide bonds. The van der Waals surface area contributed by atoms with E-state index in [-0.39, 0.29) is 18.5 Å². The quantitative estimate of drug-likeness (QED) is 0.815. The SMILES string of the molecule is C[C@H](NC(=O)CNCF)c1ccc(Br)cc1. The molecule has 1 aromatic rings. The number of amides is 1. The maximum absolute atomic E-state index is 11.8. The van der Waals surface area contributed by atoms with E-state index in [2.05, 4.69) is 26.6 Å². The first-order valence-corrected chi connectivity index (χ1v) is 5.74. The van der Waals surface area contributed by atoms with E-state index in [0.717, 1.165) is 10.0 Å². The summed E-state index contributed by atoms with van der Waals surface area (Å²) in [5.41, 5.74) is 1.01. The van der Waals surface area contributed by atoms with Crippen molar-refractivity contribution in [2.75, 3.05) is 13.3 Å². The molecule has 1 aromatic carbocycles. The smallest absolute Gasteiger partial charge is 0.234 e. The molecular weight excluding hydrogens is 275 g/mol. The predicted octanol–water partition coefficient (Wildman–Crippen LogP) is 2.14. The van der Waals surface area contributed by atoms with Crippen molar-refractivity contribution in [2.24, 2.45) is 0 Å². The van der Waals surface area contributed by atoms with Gasteiger partial charge in [0.1, 0.15) is 6.80 Å². The molecule has 0 fully saturated rings. The second-order valence-corrected chi connectivity index (χ2v) is 4.32. The Morgan fingerprint density at radius 1 is 1.44 bits per heavy atom. The van der Waals surface area contributed by atoms with Gasteiger partial charge in [0.2, 0.25) is 5.91 Å². The third-order valence-electron chi connectivity index (χ3n) is 2.13. The fourth-order valence-corrected chi connectivity index (χ4v) is 1.55. The minimum atomic E-state index is -0.694. The highest BCUT2D eigenvalue weighted by molar-refractivity contribution is 9.10. The van der Waals surface area contributed by atoms with Crippen LogP contribution in [0, 0.1) is 0 Å². The van der Waals surface area contributed by atoms with Gasteiger partial charge < -0.3 is 5.32 Å². The van der Waals surface area contributed by atoms with Crippen molar-refractivity contribution in [1.29, 1.82) is 0 Å². The first kappa shape index (κ1) is 13.1. The van der Waals surface area contributed by atoms with Gasteiger partial charge in [0.05, 0.1) is 12.6 Å². The van der Waals surface area contributed by atoms with Crippen LogP contribution in [-0.4, -0.2) is 19.3 Å².